The topological polar surface area (TPSA) is 233 Å². The van der Waals surface area contributed by atoms with Crippen molar-refractivity contribution in [3.8, 4) is 5.75 Å². The molecule has 1 amide bonds. The highest BCUT2D eigenvalue weighted by molar-refractivity contribution is 6.30. The van der Waals surface area contributed by atoms with E-state index in [1.54, 1.807) is 17.1 Å². The van der Waals surface area contributed by atoms with Gasteiger partial charge < -0.3 is 39.0 Å². The van der Waals surface area contributed by atoms with Crippen LogP contribution in [-0.2, 0) is 57.7 Å². The third-order valence-corrected chi connectivity index (χ3v) is 19.6. The van der Waals surface area contributed by atoms with Gasteiger partial charge in [0.15, 0.2) is 6.10 Å². The molecule has 1 aliphatic carbocycles. The Morgan fingerprint density at radius 2 is 1.69 bits per heavy atom. The number of piperidine rings is 1. The molecular weight excluding hydrogens is 1080 g/mol. The summed E-state index contributed by atoms with van der Waals surface area (Å²) in [6, 6.07) is 23.7. The number of nitrogens with zero attached hydrogens (tertiary/aromatic N) is 9. The number of hydrogen-bond donors (Lipinski definition) is 3. The average Bonchev–Trinajstić information content (AvgIpc) is 1.67. The molecule has 83 heavy (non-hydrogen) atoms. The number of benzene rings is 4. The number of methoxy groups -OCH3 is 3. The van der Waals surface area contributed by atoms with Crippen LogP contribution in [0, 0.1) is 11.3 Å². The minimum absolute atomic E-state index is 0.0888. The Kier molecular flexibility index (Phi) is 14.2. The minimum Gasteiger partial charge on any atom is -0.496 e. The Labute approximate surface area is 485 Å². The molecule has 6 aliphatic rings. The molecule has 2 saturated heterocycles. The highest BCUT2D eigenvalue weighted by atomic mass is 35.5. The largest absolute Gasteiger partial charge is 0.496 e. The highest BCUT2D eigenvalue weighted by Gasteiger charge is 2.81. The predicted molar refractivity (Wildman–Crippen MR) is 308 cm³/mol. The van der Waals surface area contributed by atoms with Crippen molar-refractivity contribution in [2.75, 3.05) is 59.0 Å². The summed E-state index contributed by atoms with van der Waals surface area (Å²) in [5, 5.41) is 39.5. The van der Waals surface area contributed by atoms with E-state index in [2.05, 4.69) is 47.3 Å². The molecule has 3 fully saturated rings. The van der Waals surface area contributed by atoms with Crippen LogP contribution in [-0.4, -0.2) is 163 Å². The van der Waals surface area contributed by atoms with Crippen LogP contribution in [0.25, 0.3) is 21.9 Å². The Bertz CT molecular complexity index is 3700. The third-order valence-electron chi connectivity index (χ3n) is 19.3. The monoisotopic (exact) mass is 1150 g/mol. The van der Waals surface area contributed by atoms with Gasteiger partial charge in [-0.25, -0.2) is 19.1 Å². The fourth-order valence-electron chi connectivity index (χ4n) is 16.1. The molecule has 3 N–H and O–H groups in total. The molecule has 4 aromatic carbocycles. The van der Waals surface area contributed by atoms with Crippen molar-refractivity contribution < 1.29 is 48.3 Å². The smallest absolute Gasteiger partial charge is 0.344 e. The fraction of sp³-hybridized carbons (Fsp3) is 0.452. The number of ether oxygens (including phenoxy) is 4. The second-order valence-electron chi connectivity index (χ2n) is 23.4. The number of aromatic amines is 1. The van der Waals surface area contributed by atoms with Crippen molar-refractivity contribution in [1.82, 2.24) is 44.5 Å². The lowest BCUT2D eigenvalue weighted by atomic mass is 9.47. The molecule has 20 nitrogen and oxygen atoms in total. The van der Waals surface area contributed by atoms with Crippen molar-refractivity contribution in [3.05, 3.63) is 142 Å². The number of hydrogen-bond acceptors (Lipinski definition) is 16. The van der Waals surface area contributed by atoms with Crippen LogP contribution in [0.4, 0.5) is 5.69 Å². The summed E-state index contributed by atoms with van der Waals surface area (Å²) >= 11 is 6.02. The summed E-state index contributed by atoms with van der Waals surface area (Å²) < 4.78 is 27.3. The average molecular weight is 1150 g/mol. The number of fused-ring (bicyclic) bond motifs is 7. The van der Waals surface area contributed by atoms with Crippen molar-refractivity contribution in [2.24, 2.45) is 18.4 Å². The van der Waals surface area contributed by atoms with Crippen LogP contribution in [0.1, 0.15) is 92.4 Å². The number of halogens is 1. The van der Waals surface area contributed by atoms with E-state index in [4.69, 9.17) is 30.5 Å². The van der Waals surface area contributed by atoms with Crippen LogP contribution in [0.2, 0.25) is 5.02 Å². The summed E-state index contributed by atoms with van der Waals surface area (Å²) in [7, 11) is 5.97. The lowest BCUT2D eigenvalue weighted by Gasteiger charge is -2.63. The normalized spacial score (nSPS) is 29.9. The molecular formula is C62H69ClN10O10. The van der Waals surface area contributed by atoms with E-state index in [9.17, 15) is 24.6 Å². The van der Waals surface area contributed by atoms with Gasteiger partial charge in [0.1, 0.15) is 35.4 Å². The van der Waals surface area contributed by atoms with E-state index in [0.717, 1.165) is 38.6 Å². The Hall–Kier alpha value is -7.49. The number of anilines is 1. The molecule has 1 unspecified atom stereocenters. The molecule has 2 bridgehead atoms. The first-order valence-corrected chi connectivity index (χ1v) is 28.7. The number of aryl methyl sites for hydroxylation is 1. The maximum atomic E-state index is 15.3. The van der Waals surface area contributed by atoms with E-state index in [1.165, 1.54) is 39.5 Å². The number of H-pyrrole nitrogens is 1. The van der Waals surface area contributed by atoms with Gasteiger partial charge in [-0.2, -0.15) is 5.10 Å². The molecule has 13 rings (SSSR count). The number of carbonyl (C=O) groups is 4. The molecule has 8 heterocycles. The van der Waals surface area contributed by atoms with E-state index in [1.807, 2.05) is 98.4 Å². The maximum Gasteiger partial charge on any atom is 0.344 e. The first-order chi connectivity index (χ1) is 40.0. The fourth-order valence-corrected chi connectivity index (χ4v) is 16.2. The van der Waals surface area contributed by atoms with Crippen LogP contribution < -0.4 is 9.64 Å². The number of carbonyl (C=O) groups excluding carboxylic acids is 4. The first kappa shape index (κ1) is 56.0. The molecule has 0 radical (unpaired) electrons. The molecule has 5 aliphatic heterocycles. The summed E-state index contributed by atoms with van der Waals surface area (Å²) in [4.78, 5) is 70.2. The Morgan fingerprint density at radius 3 is 2.39 bits per heavy atom. The number of rotatable bonds is 11. The van der Waals surface area contributed by atoms with Crippen LogP contribution in [0.3, 0.4) is 0 Å². The number of aliphatic hydroxyl groups is 2. The van der Waals surface area contributed by atoms with Gasteiger partial charge in [-0.1, -0.05) is 79.2 Å². The van der Waals surface area contributed by atoms with Crippen LogP contribution in [0.5, 0.6) is 5.75 Å². The van der Waals surface area contributed by atoms with Gasteiger partial charge >= 0.3 is 17.9 Å². The number of para-hydroxylation sites is 1. The highest BCUT2D eigenvalue weighted by Crippen LogP contribution is 2.68. The number of nitrogens with one attached hydrogen (secondary N) is 1. The maximum absolute atomic E-state index is 15.3. The van der Waals surface area contributed by atoms with Crippen LogP contribution >= 0.6 is 11.6 Å². The van der Waals surface area contributed by atoms with Gasteiger partial charge in [0.25, 0.3) is 0 Å². The van der Waals surface area contributed by atoms with Gasteiger partial charge in [-0.05, 0) is 110 Å². The van der Waals surface area contributed by atoms with Crippen molar-refractivity contribution in [2.45, 2.75) is 106 Å². The first-order valence-electron chi connectivity index (χ1n) is 28.4. The van der Waals surface area contributed by atoms with E-state index in [-0.39, 0.29) is 18.4 Å². The van der Waals surface area contributed by atoms with E-state index < -0.39 is 63.5 Å². The lowest BCUT2D eigenvalue weighted by molar-refractivity contribution is -0.228. The number of amides is 1. The Balaban J connectivity index is 0.000000245. The van der Waals surface area contributed by atoms with Gasteiger partial charge in [-0.15, -0.1) is 5.10 Å². The third kappa shape index (κ3) is 8.43. The second-order valence-corrected chi connectivity index (χ2v) is 23.8. The van der Waals surface area contributed by atoms with Gasteiger partial charge in [0.05, 0.1) is 44.2 Å². The summed E-state index contributed by atoms with van der Waals surface area (Å²) in [6.45, 7) is 8.16. The zero-order chi connectivity index (χ0) is 58.4. The van der Waals surface area contributed by atoms with Crippen molar-refractivity contribution in [3.63, 3.8) is 0 Å². The second kappa shape index (κ2) is 21.0. The lowest BCUT2D eigenvalue weighted by Crippen LogP contribution is -2.81. The van der Waals surface area contributed by atoms with Gasteiger partial charge in [0.2, 0.25) is 12.0 Å². The molecule has 434 valence electrons. The summed E-state index contributed by atoms with van der Waals surface area (Å²) in [6.07, 6.45) is 9.08. The van der Waals surface area contributed by atoms with Crippen molar-refractivity contribution >= 4 is 63.5 Å². The number of aromatic nitrogens is 7. The predicted octanol–water partition coefficient (Wildman–Crippen LogP) is 6.37. The Morgan fingerprint density at radius 1 is 0.916 bits per heavy atom. The summed E-state index contributed by atoms with van der Waals surface area (Å²) in [5.41, 5.74) is 0.846. The van der Waals surface area contributed by atoms with Gasteiger partial charge in [-0.3, -0.25) is 24.2 Å². The van der Waals surface area contributed by atoms with Crippen LogP contribution in [0.15, 0.2) is 104 Å². The summed E-state index contributed by atoms with van der Waals surface area (Å²) in [5.74, 6) is -2.06. The minimum atomic E-state index is -2.53. The van der Waals surface area contributed by atoms with Gasteiger partial charge in [0, 0.05) is 90.3 Å². The molecule has 1 saturated carbocycles. The van der Waals surface area contributed by atoms with Crippen molar-refractivity contribution in [1.29, 1.82) is 0 Å². The zero-order valence-corrected chi connectivity index (χ0v) is 48.4. The standard InChI is InChI=1S/C46H56N4O10.C16H13ClN6/c1-7-42(55)22-28-23-45(40(53)58-5,36-30(14-18-48(24-28)25-42)29-12-9-10-13-33(29)47-36)32-20-31-34(21-35(32)57-4)50(26-51)38-44(31)16-19-49-17-11-15-43(8-2,37(44)49)39(60-27(3)52)46(38,56)41(54)59-6;1-22-15-8-12(4-7-14(15)20-21-22)16(23-10-18-9-19-23)11-2-5-13(17)6-3-11/h9-13,15,20-21,26,28,37-39,47,55-56H,7-8,14,16-19,22-25H2,1-6H3;2-10,16H,1H3/t28-,37+,38-,39-,42+,43-,44-,45+,46+;16-/m10/s1. The molecule has 1 spiro atoms. The number of esters is 3. The zero-order valence-electron chi connectivity index (χ0n) is 47.6. The molecule has 11 atom stereocenters. The van der Waals surface area contributed by atoms with E-state index in [0.29, 0.717) is 105 Å². The SMILES string of the molecule is CC[C@]1(O)C[C@H]2CN(CCc3c([nH]c4ccccc34)[C@@](C(=O)OC)(c3cc4c(cc3OC)N(C=O)[C@H]3[C@@](O)(C(=O)OC)[C@H](OC(C)=O)[C@]5(CC)C=CCN6CC[C@]43[C@@H]65)C2)C1.Cn1nnc2ccc([C@H](c3ccc(Cl)cc3)n3cncn3)cc21. The van der Waals surface area contributed by atoms with E-state index >= 15 is 4.79 Å². The molecule has 3 aromatic heterocycles. The molecule has 21 heteroatoms. The quantitative estimate of drug-likeness (QED) is 0.0553. The molecule has 7 aromatic rings.